The molecule has 0 unspecified atom stereocenters. The van der Waals surface area contributed by atoms with Crippen LogP contribution < -0.4 is 10.6 Å². The maximum absolute atomic E-state index is 11.9. The van der Waals surface area contributed by atoms with Crippen LogP contribution in [-0.2, 0) is 4.79 Å². The van der Waals surface area contributed by atoms with Crippen molar-refractivity contribution in [3.8, 4) is 0 Å². The number of para-hydroxylation sites is 1. The smallest absolute Gasteiger partial charge is 0.228 e. The maximum Gasteiger partial charge on any atom is 0.228 e. The van der Waals surface area contributed by atoms with Gasteiger partial charge in [0.2, 0.25) is 5.91 Å². The van der Waals surface area contributed by atoms with E-state index in [1.165, 1.54) is 11.1 Å². The Balaban J connectivity index is 1.67. The van der Waals surface area contributed by atoms with Gasteiger partial charge in [-0.2, -0.15) is 0 Å². The van der Waals surface area contributed by atoms with Gasteiger partial charge in [-0.1, -0.05) is 24.6 Å². The third-order valence-electron chi connectivity index (χ3n) is 4.24. The van der Waals surface area contributed by atoms with Gasteiger partial charge in [0.25, 0.3) is 0 Å². The van der Waals surface area contributed by atoms with Crippen LogP contribution in [0.25, 0.3) is 0 Å². The summed E-state index contributed by atoms with van der Waals surface area (Å²) < 4.78 is 0. The first-order chi connectivity index (χ1) is 10.6. The maximum atomic E-state index is 11.9. The summed E-state index contributed by atoms with van der Waals surface area (Å²) in [5.41, 5.74) is 4.42. The second kappa shape index (κ2) is 6.18. The molecule has 1 aromatic heterocycles. The van der Waals surface area contributed by atoms with Gasteiger partial charge in [-0.05, 0) is 49.9 Å². The average Bonchev–Trinajstić information content (AvgIpc) is 2.43. The van der Waals surface area contributed by atoms with Gasteiger partial charge in [-0.15, -0.1) is 0 Å². The molecular formula is C18H21N3O. The highest BCUT2D eigenvalue weighted by Crippen LogP contribution is 2.28. The highest BCUT2D eigenvalue weighted by atomic mass is 16.2. The van der Waals surface area contributed by atoms with Crippen molar-refractivity contribution in [2.24, 2.45) is 5.92 Å². The van der Waals surface area contributed by atoms with Crippen molar-refractivity contribution in [3.63, 3.8) is 0 Å². The number of rotatable bonds is 4. The SMILES string of the molecule is Cc1cccc(C)c1Nc1ccc(NC(=O)C2CCC2)nc1. The predicted molar refractivity (Wildman–Crippen MR) is 89.4 cm³/mol. The number of hydrogen-bond acceptors (Lipinski definition) is 3. The monoisotopic (exact) mass is 295 g/mol. The fourth-order valence-electron chi connectivity index (χ4n) is 2.60. The lowest BCUT2D eigenvalue weighted by Gasteiger charge is -2.23. The third kappa shape index (κ3) is 3.11. The van der Waals surface area contributed by atoms with Crippen LogP contribution in [0.5, 0.6) is 0 Å². The molecule has 0 atom stereocenters. The zero-order chi connectivity index (χ0) is 15.5. The highest BCUT2D eigenvalue weighted by molar-refractivity contribution is 5.92. The average molecular weight is 295 g/mol. The molecule has 4 heteroatoms. The standard InChI is InChI=1S/C18H21N3O/c1-12-5-3-6-13(2)17(12)20-15-9-10-16(19-11-15)21-18(22)14-7-4-8-14/h3,5-6,9-11,14,20H,4,7-8H2,1-2H3,(H,19,21,22). The number of pyridine rings is 1. The van der Waals surface area contributed by atoms with Gasteiger partial charge in [0.1, 0.15) is 5.82 Å². The molecule has 1 fully saturated rings. The van der Waals surface area contributed by atoms with Crippen LogP contribution in [0.3, 0.4) is 0 Å². The number of nitrogens with one attached hydrogen (secondary N) is 2. The molecule has 2 aromatic rings. The summed E-state index contributed by atoms with van der Waals surface area (Å²) in [4.78, 5) is 16.2. The molecule has 2 N–H and O–H groups in total. The minimum atomic E-state index is 0.0919. The largest absolute Gasteiger partial charge is 0.354 e. The summed E-state index contributed by atoms with van der Waals surface area (Å²) >= 11 is 0. The Hall–Kier alpha value is -2.36. The molecule has 0 aliphatic heterocycles. The molecule has 1 saturated carbocycles. The van der Waals surface area contributed by atoms with E-state index in [0.29, 0.717) is 5.82 Å². The number of anilines is 3. The number of nitrogens with zero attached hydrogens (tertiary/aromatic N) is 1. The van der Waals surface area contributed by atoms with Gasteiger partial charge in [0, 0.05) is 11.6 Å². The minimum absolute atomic E-state index is 0.0919. The summed E-state index contributed by atoms with van der Waals surface area (Å²) in [7, 11) is 0. The van der Waals surface area contributed by atoms with Gasteiger partial charge in [0.05, 0.1) is 11.9 Å². The topological polar surface area (TPSA) is 54.0 Å². The third-order valence-corrected chi connectivity index (χ3v) is 4.24. The minimum Gasteiger partial charge on any atom is -0.354 e. The Morgan fingerprint density at radius 2 is 1.86 bits per heavy atom. The number of aromatic nitrogens is 1. The molecule has 1 heterocycles. The van der Waals surface area contributed by atoms with Crippen molar-refractivity contribution < 1.29 is 4.79 Å². The Labute approximate surface area is 131 Å². The lowest BCUT2D eigenvalue weighted by atomic mass is 9.85. The molecule has 1 aromatic carbocycles. The second-order valence-electron chi connectivity index (χ2n) is 5.94. The lowest BCUT2D eigenvalue weighted by Crippen LogP contribution is -2.28. The molecule has 114 valence electrons. The van der Waals surface area contributed by atoms with Crippen LogP contribution in [-0.4, -0.2) is 10.9 Å². The first-order valence-electron chi connectivity index (χ1n) is 7.73. The molecule has 0 bridgehead atoms. The summed E-state index contributed by atoms with van der Waals surface area (Å²) in [6.07, 6.45) is 4.91. The van der Waals surface area contributed by atoms with E-state index in [2.05, 4.69) is 41.6 Å². The number of carbonyl (C=O) groups is 1. The van der Waals surface area contributed by atoms with E-state index in [0.717, 1.165) is 30.6 Å². The van der Waals surface area contributed by atoms with Gasteiger partial charge >= 0.3 is 0 Å². The van der Waals surface area contributed by atoms with Crippen LogP contribution in [0.1, 0.15) is 30.4 Å². The normalized spacial score (nSPS) is 14.3. The van der Waals surface area contributed by atoms with E-state index in [4.69, 9.17) is 0 Å². The quantitative estimate of drug-likeness (QED) is 0.889. The summed E-state index contributed by atoms with van der Waals surface area (Å²) in [5, 5.41) is 6.27. The Morgan fingerprint density at radius 1 is 1.14 bits per heavy atom. The van der Waals surface area contributed by atoms with Gasteiger partial charge in [-0.25, -0.2) is 4.98 Å². The van der Waals surface area contributed by atoms with E-state index in [1.807, 2.05) is 18.2 Å². The molecular weight excluding hydrogens is 274 g/mol. The fourth-order valence-corrected chi connectivity index (χ4v) is 2.60. The number of hydrogen-bond donors (Lipinski definition) is 2. The molecule has 3 rings (SSSR count). The molecule has 4 nitrogen and oxygen atoms in total. The Bertz CT molecular complexity index is 655. The van der Waals surface area contributed by atoms with Gasteiger partial charge < -0.3 is 10.6 Å². The van der Waals surface area contributed by atoms with Crippen molar-refractivity contribution in [2.45, 2.75) is 33.1 Å². The highest BCUT2D eigenvalue weighted by Gasteiger charge is 2.25. The molecule has 0 spiro atoms. The number of aryl methyl sites for hydroxylation is 2. The van der Waals surface area contributed by atoms with Crippen molar-refractivity contribution in [1.82, 2.24) is 4.98 Å². The zero-order valence-electron chi connectivity index (χ0n) is 13.0. The Kier molecular flexibility index (Phi) is 4.09. The van der Waals surface area contributed by atoms with Crippen LogP contribution in [0.15, 0.2) is 36.5 Å². The molecule has 1 aliphatic carbocycles. The summed E-state index contributed by atoms with van der Waals surface area (Å²) in [5.74, 6) is 0.882. The van der Waals surface area contributed by atoms with Crippen molar-refractivity contribution >= 4 is 23.1 Å². The fraction of sp³-hybridized carbons (Fsp3) is 0.333. The van der Waals surface area contributed by atoms with Gasteiger partial charge in [0.15, 0.2) is 0 Å². The van der Waals surface area contributed by atoms with Crippen molar-refractivity contribution in [2.75, 3.05) is 10.6 Å². The first kappa shape index (κ1) is 14.6. The number of benzene rings is 1. The predicted octanol–water partition coefficient (Wildman–Crippen LogP) is 4.18. The van der Waals surface area contributed by atoms with E-state index in [1.54, 1.807) is 6.20 Å². The molecule has 1 aliphatic rings. The second-order valence-corrected chi connectivity index (χ2v) is 5.94. The Morgan fingerprint density at radius 3 is 2.41 bits per heavy atom. The van der Waals surface area contributed by atoms with Crippen LogP contribution in [0, 0.1) is 19.8 Å². The van der Waals surface area contributed by atoms with Crippen LogP contribution in [0.4, 0.5) is 17.2 Å². The van der Waals surface area contributed by atoms with E-state index < -0.39 is 0 Å². The molecule has 22 heavy (non-hydrogen) atoms. The van der Waals surface area contributed by atoms with E-state index in [9.17, 15) is 4.79 Å². The van der Waals surface area contributed by atoms with Crippen molar-refractivity contribution in [3.05, 3.63) is 47.7 Å². The van der Waals surface area contributed by atoms with Crippen LogP contribution >= 0.6 is 0 Å². The van der Waals surface area contributed by atoms with Crippen molar-refractivity contribution in [1.29, 1.82) is 0 Å². The van der Waals surface area contributed by atoms with Crippen LogP contribution in [0.2, 0.25) is 0 Å². The summed E-state index contributed by atoms with van der Waals surface area (Å²) in [6.45, 7) is 4.16. The lowest BCUT2D eigenvalue weighted by molar-refractivity contribution is -0.122. The number of amides is 1. The van der Waals surface area contributed by atoms with E-state index in [-0.39, 0.29) is 11.8 Å². The first-order valence-corrected chi connectivity index (χ1v) is 7.73. The van der Waals surface area contributed by atoms with E-state index >= 15 is 0 Å². The number of carbonyl (C=O) groups excluding carboxylic acids is 1. The molecule has 0 radical (unpaired) electrons. The summed E-state index contributed by atoms with van der Waals surface area (Å²) in [6, 6.07) is 9.99. The van der Waals surface area contributed by atoms with Gasteiger partial charge in [-0.3, -0.25) is 4.79 Å². The molecule has 1 amide bonds. The molecule has 0 saturated heterocycles. The zero-order valence-corrected chi connectivity index (χ0v) is 13.0.